The van der Waals surface area contributed by atoms with Crippen LogP contribution in [-0.2, 0) is 23.9 Å². The lowest BCUT2D eigenvalue weighted by Crippen LogP contribution is -2.49. The molecule has 1 N–H and O–H groups in total. The van der Waals surface area contributed by atoms with E-state index in [2.05, 4.69) is 6.92 Å². The molecule has 27 heavy (non-hydrogen) atoms. The molecule has 1 saturated heterocycles. The fourth-order valence-electron chi connectivity index (χ4n) is 8.08. The maximum atomic E-state index is 12.8. The van der Waals surface area contributed by atoms with Crippen molar-refractivity contribution in [2.45, 2.75) is 64.1 Å². The van der Waals surface area contributed by atoms with Crippen molar-refractivity contribution in [1.82, 2.24) is 0 Å². The molecule has 5 aliphatic rings. The third-order valence-corrected chi connectivity index (χ3v) is 8.71. The first kappa shape index (κ1) is 17.3. The number of ether oxygens (including phenoxy) is 2. The van der Waals surface area contributed by atoms with Gasteiger partial charge in [-0.1, -0.05) is 19.1 Å². The van der Waals surface area contributed by atoms with Crippen LogP contribution >= 0.6 is 0 Å². The number of hydrogen-bond acceptors (Lipinski definition) is 5. The predicted octanol–water partition coefficient (Wildman–Crippen LogP) is 2.71. The number of aliphatic carboxylic acids is 1. The van der Waals surface area contributed by atoms with E-state index in [1.165, 1.54) is 6.92 Å². The SMILES string of the molecule is CC(=O)O[C@]12CC[C@@H]3[C@](CC1C)(C2)[C@@H](C(=O)O)[C@H]1[C@@]32CC=[13CH][C@]1(C)C(=O)O2. The van der Waals surface area contributed by atoms with Crippen LogP contribution in [-0.4, -0.2) is 34.2 Å². The van der Waals surface area contributed by atoms with Crippen molar-refractivity contribution in [1.29, 1.82) is 0 Å². The van der Waals surface area contributed by atoms with Gasteiger partial charge in [0.25, 0.3) is 0 Å². The van der Waals surface area contributed by atoms with Crippen LogP contribution in [0.15, 0.2) is 12.2 Å². The summed E-state index contributed by atoms with van der Waals surface area (Å²) >= 11 is 0. The third-order valence-electron chi connectivity index (χ3n) is 8.71. The minimum Gasteiger partial charge on any atom is -0.481 e. The summed E-state index contributed by atoms with van der Waals surface area (Å²) in [6, 6.07) is 0. The van der Waals surface area contributed by atoms with Gasteiger partial charge in [-0.2, -0.15) is 0 Å². The van der Waals surface area contributed by atoms with Crippen LogP contribution in [0.1, 0.15) is 52.9 Å². The first-order valence-electron chi connectivity index (χ1n) is 9.95. The van der Waals surface area contributed by atoms with Crippen LogP contribution in [0.4, 0.5) is 0 Å². The number of carboxylic acids is 1. The summed E-state index contributed by atoms with van der Waals surface area (Å²) in [4.78, 5) is 37.2. The van der Waals surface area contributed by atoms with Gasteiger partial charge < -0.3 is 14.6 Å². The van der Waals surface area contributed by atoms with E-state index in [0.717, 1.165) is 6.42 Å². The van der Waals surface area contributed by atoms with Gasteiger partial charge in [0.15, 0.2) is 0 Å². The van der Waals surface area contributed by atoms with Gasteiger partial charge in [-0.05, 0) is 43.9 Å². The Bertz CT molecular complexity index is 802. The summed E-state index contributed by atoms with van der Waals surface area (Å²) < 4.78 is 11.9. The van der Waals surface area contributed by atoms with Crippen LogP contribution in [0.2, 0.25) is 0 Å². The molecule has 1 heterocycles. The molecule has 1 unspecified atom stereocenters. The second-order valence-electron chi connectivity index (χ2n) is 9.79. The zero-order valence-corrected chi connectivity index (χ0v) is 16.0. The van der Waals surface area contributed by atoms with Crippen LogP contribution in [0.25, 0.3) is 0 Å². The number of rotatable bonds is 2. The van der Waals surface area contributed by atoms with E-state index < -0.39 is 33.9 Å². The maximum absolute atomic E-state index is 12.8. The molecule has 0 aromatic heterocycles. The van der Waals surface area contributed by atoms with Gasteiger partial charge in [0.05, 0.1) is 11.3 Å². The summed E-state index contributed by atoms with van der Waals surface area (Å²) in [5.74, 6) is -2.36. The number of carbonyl (C=O) groups excluding carboxylic acids is 2. The Hall–Kier alpha value is -1.85. The quantitative estimate of drug-likeness (QED) is 0.453. The topological polar surface area (TPSA) is 89.9 Å². The lowest BCUT2D eigenvalue weighted by molar-refractivity contribution is -0.172. The number of fused-ring (bicyclic) bond motifs is 1. The zero-order valence-electron chi connectivity index (χ0n) is 16.0. The molecule has 1 aliphatic heterocycles. The average Bonchev–Trinajstić information content (AvgIpc) is 2.96. The molecule has 0 aromatic carbocycles. The van der Waals surface area contributed by atoms with Crippen LogP contribution in [0.3, 0.4) is 0 Å². The zero-order chi connectivity index (χ0) is 19.4. The molecule has 0 aromatic rings. The second-order valence-corrected chi connectivity index (χ2v) is 9.79. The van der Waals surface area contributed by atoms with Crippen molar-refractivity contribution >= 4 is 17.9 Å². The summed E-state index contributed by atoms with van der Waals surface area (Å²) in [5, 5.41) is 10.3. The lowest BCUT2D eigenvalue weighted by Gasteiger charge is -2.46. The minimum atomic E-state index is -0.886. The Morgan fingerprint density at radius 3 is 2.78 bits per heavy atom. The van der Waals surface area contributed by atoms with E-state index in [-0.39, 0.29) is 29.7 Å². The molecular weight excluding hydrogens is 349 g/mol. The summed E-state index contributed by atoms with van der Waals surface area (Å²) in [5.41, 5.74) is -2.69. The highest BCUT2D eigenvalue weighted by atomic mass is 16.6. The first-order valence-corrected chi connectivity index (χ1v) is 9.95. The number of carboxylic acid groups (broad SMARTS) is 1. The molecule has 3 saturated carbocycles. The van der Waals surface area contributed by atoms with Crippen molar-refractivity contribution in [3.8, 4) is 0 Å². The highest BCUT2D eigenvalue weighted by Gasteiger charge is 2.83. The molecule has 4 aliphatic carbocycles. The minimum absolute atomic E-state index is 0.000424. The molecule has 1 spiro atoms. The number of hydrogen-bond donors (Lipinski definition) is 1. The van der Waals surface area contributed by atoms with Crippen molar-refractivity contribution in [2.24, 2.45) is 34.5 Å². The van der Waals surface area contributed by atoms with E-state index in [4.69, 9.17) is 9.47 Å². The fourth-order valence-corrected chi connectivity index (χ4v) is 8.08. The average molecular weight is 375 g/mol. The van der Waals surface area contributed by atoms with Crippen molar-refractivity contribution in [2.75, 3.05) is 0 Å². The summed E-state index contributed by atoms with van der Waals surface area (Å²) in [6.07, 6.45) is 7.17. The normalized spacial score (nSPS) is 54.3. The van der Waals surface area contributed by atoms with E-state index in [0.29, 0.717) is 25.7 Å². The molecule has 6 nitrogen and oxygen atoms in total. The lowest BCUT2D eigenvalue weighted by atomic mass is 9.62. The van der Waals surface area contributed by atoms with E-state index in [1.807, 2.05) is 19.1 Å². The Morgan fingerprint density at radius 2 is 2.11 bits per heavy atom. The third kappa shape index (κ3) is 1.71. The van der Waals surface area contributed by atoms with Gasteiger partial charge in [-0.15, -0.1) is 0 Å². The summed E-state index contributed by atoms with van der Waals surface area (Å²) in [6.45, 7) is 5.33. The Kier molecular flexibility index (Phi) is 3.04. The Labute approximate surface area is 158 Å². The van der Waals surface area contributed by atoms with Gasteiger partial charge in [-0.3, -0.25) is 14.4 Å². The molecule has 0 amide bonds. The smallest absolute Gasteiger partial charge is 0.316 e. The van der Waals surface area contributed by atoms with E-state index in [1.54, 1.807) is 0 Å². The molecule has 146 valence electrons. The highest BCUT2D eigenvalue weighted by Crippen LogP contribution is 2.78. The highest BCUT2D eigenvalue weighted by molar-refractivity contribution is 5.86. The van der Waals surface area contributed by atoms with Crippen LogP contribution in [0, 0.1) is 34.5 Å². The van der Waals surface area contributed by atoms with Crippen LogP contribution < -0.4 is 0 Å². The van der Waals surface area contributed by atoms with E-state index in [9.17, 15) is 19.5 Å². The van der Waals surface area contributed by atoms with Gasteiger partial charge in [0.1, 0.15) is 11.2 Å². The Morgan fingerprint density at radius 1 is 1.37 bits per heavy atom. The molecule has 4 fully saturated rings. The molecule has 8 atom stereocenters. The fraction of sp³-hybridized carbons (Fsp3) is 0.762. The second kappa shape index (κ2) is 4.76. The number of carbonyl (C=O) groups is 3. The van der Waals surface area contributed by atoms with Crippen molar-refractivity contribution in [3.63, 3.8) is 0 Å². The maximum Gasteiger partial charge on any atom is 0.316 e. The van der Waals surface area contributed by atoms with Gasteiger partial charge >= 0.3 is 17.9 Å². The molecular formula is C21H26O6. The van der Waals surface area contributed by atoms with E-state index >= 15 is 0 Å². The molecule has 5 rings (SSSR count). The molecule has 4 bridgehead atoms. The Balaban J connectivity index is 1.69. The van der Waals surface area contributed by atoms with Gasteiger partial charge in [0, 0.05) is 25.2 Å². The molecule has 6 heteroatoms. The monoisotopic (exact) mass is 375 g/mol. The van der Waals surface area contributed by atoms with Gasteiger partial charge in [0.2, 0.25) is 0 Å². The van der Waals surface area contributed by atoms with Crippen molar-refractivity contribution < 1.29 is 29.0 Å². The standard InChI is InChI=1S/C21H26O6/c1-11-9-19-10-20(11,26-12(2)22)8-5-13(19)21-7-4-6-18(3,17(25)27-21)15(21)14(19)16(23)24/h4,6,11,13-15H,5,7-10H2,1-3H3,(H,23,24)/t11?,13-,14-,15-,18+,19+,20+,21-/m1/s1/i6+1. The van der Waals surface area contributed by atoms with Crippen LogP contribution in [0.5, 0.6) is 0 Å². The first-order chi connectivity index (χ1) is 12.6. The summed E-state index contributed by atoms with van der Waals surface area (Å²) in [7, 11) is 0. The molecule has 0 radical (unpaired) electrons. The van der Waals surface area contributed by atoms with Crippen molar-refractivity contribution in [3.05, 3.63) is 12.2 Å². The largest absolute Gasteiger partial charge is 0.481 e. The van der Waals surface area contributed by atoms with Gasteiger partial charge in [-0.25, -0.2) is 0 Å². The predicted molar refractivity (Wildman–Crippen MR) is 93.4 cm³/mol. The number of esters is 2.